The summed E-state index contributed by atoms with van der Waals surface area (Å²) in [5, 5.41) is 0. The second-order valence-corrected chi connectivity index (χ2v) is 4.69. The van der Waals surface area contributed by atoms with Crippen molar-refractivity contribution < 1.29 is 9.59 Å². The summed E-state index contributed by atoms with van der Waals surface area (Å²) in [6, 6.07) is 6.74. The van der Waals surface area contributed by atoms with Gasteiger partial charge in [-0.3, -0.25) is 9.59 Å². The molecule has 0 unspecified atom stereocenters. The highest BCUT2D eigenvalue weighted by atomic mass is 79.9. The number of hydrogen-bond acceptors (Lipinski definition) is 2. The molecule has 1 rings (SSSR count). The van der Waals surface area contributed by atoms with E-state index in [0.717, 1.165) is 5.56 Å². The average molecular weight is 270 g/mol. The fraction of sp³-hybridized carbons (Fsp3) is 0.273. The van der Waals surface area contributed by atoms with Crippen LogP contribution in [0.4, 0.5) is 0 Å². The monoisotopic (exact) mass is 269 g/mol. The predicted octanol–water partition coefficient (Wildman–Crippen LogP) is 1.68. The Morgan fingerprint density at radius 1 is 1.33 bits per heavy atom. The fourth-order valence-electron chi connectivity index (χ4n) is 1.13. The number of benzene rings is 1. The number of amides is 1. The molecule has 0 bridgehead atoms. The van der Waals surface area contributed by atoms with Crippen molar-refractivity contribution in [3.05, 3.63) is 35.4 Å². The minimum atomic E-state index is -0.457. The number of carbonyl (C=O) groups is 2. The quantitative estimate of drug-likeness (QED) is 0.846. The van der Waals surface area contributed by atoms with Crippen molar-refractivity contribution in [1.82, 2.24) is 0 Å². The SMILES string of the molecule is C[C@@H](Br)C(=O)Cc1ccc(C(N)=O)cc1. The molecule has 1 aromatic carbocycles. The molecular weight excluding hydrogens is 258 g/mol. The van der Waals surface area contributed by atoms with Crippen LogP contribution >= 0.6 is 15.9 Å². The van der Waals surface area contributed by atoms with E-state index in [-0.39, 0.29) is 10.6 Å². The molecule has 0 aliphatic heterocycles. The van der Waals surface area contributed by atoms with Gasteiger partial charge in [0.2, 0.25) is 5.91 Å². The van der Waals surface area contributed by atoms with Gasteiger partial charge in [0.05, 0.1) is 4.83 Å². The topological polar surface area (TPSA) is 60.2 Å². The van der Waals surface area contributed by atoms with E-state index in [2.05, 4.69) is 15.9 Å². The summed E-state index contributed by atoms with van der Waals surface area (Å²) in [6.07, 6.45) is 0.367. The molecule has 80 valence electrons. The van der Waals surface area contributed by atoms with Gasteiger partial charge in [-0.2, -0.15) is 0 Å². The highest BCUT2D eigenvalue weighted by molar-refractivity contribution is 9.10. The van der Waals surface area contributed by atoms with Crippen molar-refractivity contribution in [2.24, 2.45) is 5.73 Å². The lowest BCUT2D eigenvalue weighted by Crippen LogP contribution is -2.13. The standard InChI is InChI=1S/C11H12BrNO2/c1-7(12)10(14)6-8-2-4-9(5-3-8)11(13)15/h2-5,7H,6H2,1H3,(H2,13,15)/t7-/m1/s1. The molecule has 0 radical (unpaired) electrons. The largest absolute Gasteiger partial charge is 0.366 e. The molecule has 0 saturated heterocycles. The van der Waals surface area contributed by atoms with Crippen LogP contribution in [0.2, 0.25) is 0 Å². The molecule has 0 fully saturated rings. The number of carbonyl (C=O) groups excluding carboxylic acids is 2. The lowest BCUT2D eigenvalue weighted by Gasteiger charge is -2.03. The highest BCUT2D eigenvalue weighted by Gasteiger charge is 2.09. The number of rotatable bonds is 4. The van der Waals surface area contributed by atoms with Crippen LogP contribution < -0.4 is 5.73 Å². The lowest BCUT2D eigenvalue weighted by molar-refractivity contribution is -0.117. The lowest BCUT2D eigenvalue weighted by atomic mass is 10.1. The Hall–Kier alpha value is -1.16. The molecule has 0 aromatic heterocycles. The smallest absolute Gasteiger partial charge is 0.248 e. The molecule has 3 nitrogen and oxygen atoms in total. The maximum atomic E-state index is 11.4. The number of primary amides is 1. The first kappa shape index (κ1) is 11.9. The van der Waals surface area contributed by atoms with Crippen LogP contribution in [0.3, 0.4) is 0 Å². The number of ketones is 1. The number of alkyl halides is 1. The molecular formula is C11H12BrNO2. The van der Waals surface area contributed by atoms with E-state index in [1.165, 1.54) is 0 Å². The van der Waals surface area contributed by atoms with E-state index in [1.54, 1.807) is 31.2 Å². The van der Waals surface area contributed by atoms with Gasteiger partial charge in [-0.05, 0) is 24.6 Å². The normalized spacial score (nSPS) is 12.1. The molecule has 0 heterocycles. The molecule has 0 spiro atoms. The summed E-state index contributed by atoms with van der Waals surface area (Å²) in [5.41, 5.74) is 6.44. The van der Waals surface area contributed by atoms with Gasteiger partial charge in [-0.25, -0.2) is 0 Å². The van der Waals surface area contributed by atoms with Gasteiger partial charge in [0, 0.05) is 12.0 Å². The van der Waals surface area contributed by atoms with Crippen LogP contribution in [-0.4, -0.2) is 16.5 Å². The molecule has 2 N–H and O–H groups in total. The van der Waals surface area contributed by atoms with Crippen LogP contribution in [-0.2, 0) is 11.2 Å². The molecule has 0 aliphatic carbocycles. The Balaban J connectivity index is 2.73. The summed E-state index contributed by atoms with van der Waals surface area (Å²) < 4.78 is 0. The Labute approximate surface area is 96.8 Å². The summed E-state index contributed by atoms with van der Waals surface area (Å²) in [6.45, 7) is 1.79. The number of Topliss-reactive ketones (excluding diaryl/α,β-unsaturated/α-hetero) is 1. The average Bonchev–Trinajstić information content (AvgIpc) is 2.18. The number of hydrogen-bond donors (Lipinski definition) is 1. The summed E-state index contributed by atoms with van der Waals surface area (Å²) in [7, 11) is 0. The van der Waals surface area contributed by atoms with Gasteiger partial charge in [0.1, 0.15) is 0 Å². The number of halogens is 1. The van der Waals surface area contributed by atoms with Gasteiger partial charge < -0.3 is 5.73 Å². The Morgan fingerprint density at radius 2 is 1.87 bits per heavy atom. The van der Waals surface area contributed by atoms with Crippen molar-refractivity contribution >= 4 is 27.6 Å². The van der Waals surface area contributed by atoms with Gasteiger partial charge in [0.25, 0.3) is 0 Å². The van der Waals surface area contributed by atoms with E-state index in [1.807, 2.05) is 0 Å². The zero-order chi connectivity index (χ0) is 11.4. The zero-order valence-corrected chi connectivity index (χ0v) is 9.95. The van der Waals surface area contributed by atoms with Gasteiger partial charge in [-0.1, -0.05) is 28.1 Å². The first-order valence-corrected chi connectivity index (χ1v) is 5.48. The van der Waals surface area contributed by atoms with E-state index < -0.39 is 5.91 Å². The minimum Gasteiger partial charge on any atom is -0.366 e. The molecule has 0 saturated carbocycles. The Kier molecular flexibility index (Phi) is 4.03. The van der Waals surface area contributed by atoms with Crippen LogP contribution in [0.15, 0.2) is 24.3 Å². The van der Waals surface area contributed by atoms with Gasteiger partial charge in [0.15, 0.2) is 5.78 Å². The third-order valence-electron chi connectivity index (χ3n) is 2.06. The molecule has 1 aromatic rings. The second-order valence-electron chi connectivity index (χ2n) is 3.32. The molecule has 1 atom stereocenters. The second kappa shape index (κ2) is 5.07. The van der Waals surface area contributed by atoms with Crippen molar-refractivity contribution in [3.8, 4) is 0 Å². The first-order valence-electron chi connectivity index (χ1n) is 4.56. The summed E-state index contributed by atoms with van der Waals surface area (Å²) >= 11 is 3.21. The van der Waals surface area contributed by atoms with Crippen LogP contribution in [0.1, 0.15) is 22.8 Å². The van der Waals surface area contributed by atoms with E-state index in [9.17, 15) is 9.59 Å². The van der Waals surface area contributed by atoms with Gasteiger partial charge >= 0.3 is 0 Å². The van der Waals surface area contributed by atoms with Crippen molar-refractivity contribution in [3.63, 3.8) is 0 Å². The fourth-order valence-corrected chi connectivity index (χ4v) is 1.29. The molecule has 4 heteroatoms. The third-order valence-corrected chi connectivity index (χ3v) is 2.57. The minimum absolute atomic E-state index is 0.113. The van der Waals surface area contributed by atoms with Gasteiger partial charge in [-0.15, -0.1) is 0 Å². The van der Waals surface area contributed by atoms with Crippen LogP contribution in [0.25, 0.3) is 0 Å². The van der Waals surface area contributed by atoms with Crippen LogP contribution in [0.5, 0.6) is 0 Å². The molecule has 1 amide bonds. The maximum absolute atomic E-state index is 11.4. The van der Waals surface area contributed by atoms with E-state index in [0.29, 0.717) is 12.0 Å². The Morgan fingerprint density at radius 3 is 2.27 bits per heavy atom. The Bertz CT molecular complexity index is 371. The molecule has 15 heavy (non-hydrogen) atoms. The summed E-state index contributed by atoms with van der Waals surface area (Å²) in [4.78, 5) is 22.0. The maximum Gasteiger partial charge on any atom is 0.248 e. The van der Waals surface area contributed by atoms with Crippen molar-refractivity contribution in [1.29, 1.82) is 0 Å². The third kappa shape index (κ3) is 3.47. The predicted molar refractivity (Wildman–Crippen MR) is 62.1 cm³/mol. The van der Waals surface area contributed by atoms with Crippen molar-refractivity contribution in [2.45, 2.75) is 18.2 Å². The first-order chi connectivity index (χ1) is 7.00. The zero-order valence-electron chi connectivity index (χ0n) is 8.37. The van der Waals surface area contributed by atoms with Crippen LogP contribution in [0, 0.1) is 0 Å². The van der Waals surface area contributed by atoms with E-state index in [4.69, 9.17) is 5.73 Å². The van der Waals surface area contributed by atoms with E-state index >= 15 is 0 Å². The highest BCUT2D eigenvalue weighted by Crippen LogP contribution is 2.08. The molecule has 0 aliphatic rings. The number of nitrogens with two attached hydrogens (primary N) is 1. The summed E-state index contributed by atoms with van der Waals surface area (Å²) in [5.74, 6) is -0.344. The van der Waals surface area contributed by atoms with Crippen molar-refractivity contribution in [2.75, 3.05) is 0 Å².